The van der Waals surface area contributed by atoms with Gasteiger partial charge in [0.15, 0.2) is 0 Å². The van der Waals surface area contributed by atoms with Crippen LogP contribution in [0.25, 0.3) is 0 Å². The van der Waals surface area contributed by atoms with E-state index in [0.29, 0.717) is 5.41 Å². The lowest BCUT2D eigenvalue weighted by Gasteiger charge is -2.40. The van der Waals surface area contributed by atoms with Gasteiger partial charge in [0.1, 0.15) is 0 Å². The molecule has 0 N–H and O–H groups in total. The standard InChI is InChI=1S/C13H27N/c1-10(2)11(3)14-9-7-8-12(14)13(4,5)6/h10-12H,7-9H2,1-6H3. The van der Waals surface area contributed by atoms with Crippen molar-refractivity contribution in [1.29, 1.82) is 0 Å². The van der Waals surface area contributed by atoms with E-state index in [1.807, 2.05) is 0 Å². The second-order valence-electron chi connectivity index (χ2n) is 6.25. The number of hydrogen-bond donors (Lipinski definition) is 0. The minimum Gasteiger partial charge on any atom is -0.297 e. The Bertz CT molecular complexity index is 178. The van der Waals surface area contributed by atoms with Gasteiger partial charge in [-0.05, 0) is 37.6 Å². The molecule has 2 unspecified atom stereocenters. The molecule has 0 amide bonds. The van der Waals surface area contributed by atoms with Crippen molar-refractivity contribution in [1.82, 2.24) is 4.90 Å². The first-order valence-electron chi connectivity index (χ1n) is 6.09. The van der Waals surface area contributed by atoms with E-state index in [4.69, 9.17) is 0 Å². The minimum absolute atomic E-state index is 0.444. The van der Waals surface area contributed by atoms with Gasteiger partial charge in [0.25, 0.3) is 0 Å². The summed E-state index contributed by atoms with van der Waals surface area (Å²) in [6, 6.07) is 1.53. The van der Waals surface area contributed by atoms with Crippen molar-refractivity contribution in [2.75, 3.05) is 6.54 Å². The molecule has 84 valence electrons. The predicted octanol–water partition coefficient (Wildman–Crippen LogP) is 3.54. The SMILES string of the molecule is CC(C)C(C)N1CCCC1C(C)(C)C. The van der Waals surface area contributed by atoms with Crippen LogP contribution in [-0.2, 0) is 0 Å². The van der Waals surface area contributed by atoms with Crippen molar-refractivity contribution in [2.24, 2.45) is 11.3 Å². The van der Waals surface area contributed by atoms with Crippen LogP contribution >= 0.6 is 0 Å². The van der Waals surface area contributed by atoms with Crippen LogP contribution in [0.1, 0.15) is 54.4 Å². The van der Waals surface area contributed by atoms with Crippen LogP contribution in [0.2, 0.25) is 0 Å². The Balaban J connectivity index is 2.69. The van der Waals surface area contributed by atoms with Crippen molar-refractivity contribution < 1.29 is 0 Å². The van der Waals surface area contributed by atoms with Crippen molar-refractivity contribution in [3.8, 4) is 0 Å². The highest BCUT2D eigenvalue weighted by atomic mass is 15.2. The maximum absolute atomic E-state index is 2.73. The Hall–Kier alpha value is -0.0400. The molecule has 1 saturated heterocycles. The first-order valence-corrected chi connectivity index (χ1v) is 6.09. The highest BCUT2D eigenvalue weighted by Crippen LogP contribution is 2.35. The van der Waals surface area contributed by atoms with Gasteiger partial charge in [-0.2, -0.15) is 0 Å². The Kier molecular flexibility index (Phi) is 3.63. The first kappa shape index (κ1) is 12.0. The lowest BCUT2D eigenvalue weighted by Crippen LogP contribution is -2.46. The topological polar surface area (TPSA) is 3.24 Å². The molecular formula is C13H27N. The van der Waals surface area contributed by atoms with Crippen LogP contribution in [0.3, 0.4) is 0 Å². The fraction of sp³-hybridized carbons (Fsp3) is 1.00. The summed E-state index contributed by atoms with van der Waals surface area (Å²) in [5.41, 5.74) is 0.444. The molecule has 0 aliphatic carbocycles. The van der Waals surface area contributed by atoms with Crippen molar-refractivity contribution >= 4 is 0 Å². The molecule has 1 rings (SSSR count). The molecule has 1 aliphatic rings. The molecule has 0 spiro atoms. The zero-order valence-electron chi connectivity index (χ0n) is 10.8. The van der Waals surface area contributed by atoms with Gasteiger partial charge < -0.3 is 0 Å². The summed E-state index contributed by atoms with van der Waals surface area (Å²) in [6.45, 7) is 15.5. The number of rotatable bonds is 2. The fourth-order valence-electron chi connectivity index (χ4n) is 2.59. The lowest BCUT2D eigenvalue weighted by atomic mass is 9.84. The zero-order chi connectivity index (χ0) is 10.9. The summed E-state index contributed by atoms with van der Waals surface area (Å²) in [4.78, 5) is 2.73. The molecule has 1 heterocycles. The van der Waals surface area contributed by atoms with E-state index in [-0.39, 0.29) is 0 Å². The monoisotopic (exact) mass is 197 g/mol. The van der Waals surface area contributed by atoms with E-state index in [1.165, 1.54) is 19.4 Å². The minimum atomic E-state index is 0.444. The first-order chi connectivity index (χ1) is 6.34. The molecular weight excluding hydrogens is 170 g/mol. The molecule has 1 heteroatoms. The van der Waals surface area contributed by atoms with Gasteiger partial charge >= 0.3 is 0 Å². The third-order valence-electron chi connectivity index (χ3n) is 3.78. The van der Waals surface area contributed by atoms with Gasteiger partial charge in [-0.25, -0.2) is 0 Å². The Morgan fingerprint density at radius 1 is 1.14 bits per heavy atom. The summed E-state index contributed by atoms with van der Waals surface area (Å²) >= 11 is 0. The molecule has 1 fully saturated rings. The van der Waals surface area contributed by atoms with Gasteiger partial charge in [0.2, 0.25) is 0 Å². The van der Waals surface area contributed by atoms with Crippen LogP contribution in [-0.4, -0.2) is 23.5 Å². The van der Waals surface area contributed by atoms with E-state index in [9.17, 15) is 0 Å². The van der Waals surface area contributed by atoms with E-state index < -0.39 is 0 Å². The van der Waals surface area contributed by atoms with E-state index >= 15 is 0 Å². The van der Waals surface area contributed by atoms with Gasteiger partial charge in [-0.1, -0.05) is 34.6 Å². The molecule has 0 aromatic carbocycles. The second kappa shape index (κ2) is 4.22. The van der Waals surface area contributed by atoms with E-state index in [0.717, 1.165) is 18.0 Å². The summed E-state index contributed by atoms with van der Waals surface area (Å²) in [7, 11) is 0. The predicted molar refractivity (Wildman–Crippen MR) is 63.5 cm³/mol. The summed E-state index contributed by atoms with van der Waals surface area (Å²) in [6.07, 6.45) is 2.78. The van der Waals surface area contributed by atoms with Gasteiger partial charge in [0.05, 0.1) is 0 Å². The molecule has 1 aliphatic heterocycles. The Morgan fingerprint density at radius 3 is 2.14 bits per heavy atom. The number of hydrogen-bond acceptors (Lipinski definition) is 1. The molecule has 0 bridgehead atoms. The molecule has 2 atom stereocenters. The van der Waals surface area contributed by atoms with Crippen LogP contribution < -0.4 is 0 Å². The Labute approximate surface area is 89.9 Å². The molecule has 0 saturated carbocycles. The zero-order valence-corrected chi connectivity index (χ0v) is 10.8. The van der Waals surface area contributed by atoms with Crippen molar-refractivity contribution in [3.63, 3.8) is 0 Å². The van der Waals surface area contributed by atoms with Gasteiger partial charge in [-0.3, -0.25) is 4.90 Å². The van der Waals surface area contributed by atoms with Crippen molar-refractivity contribution in [3.05, 3.63) is 0 Å². The van der Waals surface area contributed by atoms with Gasteiger partial charge in [-0.15, -0.1) is 0 Å². The quantitative estimate of drug-likeness (QED) is 0.654. The van der Waals surface area contributed by atoms with Gasteiger partial charge in [0, 0.05) is 12.1 Å². The average Bonchev–Trinajstić information content (AvgIpc) is 2.48. The van der Waals surface area contributed by atoms with Crippen LogP contribution in [0.4, 0.5) is 0 Å². The van der Waals surface area contributed by atoms with Crippen LogP contribution in [0.5, 0.6) is 0 Å². The third-order valence-corrected chi connectivity index (χ3v) is 3.78. The van der Waals surface area contributed by atoms with Crippen LogP contribution in [0, 0.1) is 11.3 Å². The van der Waals surface area contributed by atoms with E-state index in [1.54, 1.807) is 0 Å². The highest BCUT2D eigenvalue weighted by Gasteiger charge is 2.36. The number of likely N-dealkylation sites (tertiary alicyclic amines) is 1. The fourth-order valence-corrected chi connectivity index (χ4v) is 2.59. The molecule has 0 radical (unpaired) electrons. The lowest BCUT2D eigenvalue weighted by molar-refractivity contribution is 0.0829. The summed E-state index contributed by atoms with van der Waals surface area (Å²) < 4.78 is 0. The molecule has 0 aromatic rings. The highest BCUT2D eigenvalue weighted by molar-refractivity contribution is 4.91. The normalized spacial score (nSPS) is 27.2. The third kappa shape index (κ3) is 2.50. The largest absolute Gasteiger partial charge is 0.297 e. The maximum atomic E-state index is 2.73. The summed E-state index contributed by atoms with van der Waals surface area (Å²) in [5.74, 6) is 0.776. The molecule has 0 aromatic heterocycles. The van der Waals surface area contributed by atoms with Crippen molar-refractivity contribution in [2.45, 2.75) is 66.5 Å². The second-order valence-corrected chi connectivity index (χ2v) is 6.25. The van der Waals surface area contributed by atoms with E-state index in [2.05, 4.69) is 46.4 Å². The smallest absolute Gasteiger partial charge is 0.0147 e. The average molecular weight is 197 g/mol. The maximum Gasteiger partial charge on any atom is 0.0147 e. The molecule has 14 heavy (non-hydrogen) atoms. The van der Waals surface area contributed by atoms with Crippen LogP contribution in [0.15, 0.2) is 0 Å². The summed E-state index contributed by atoms with van der Waals surface area (Å²) in [5, 5.41) is 0. The molecule has 1 nitrogen and oxygen atoms in total. The number of nitrogens with zero attached hydrogens (tertiary/aromatic N) is 1. The Morgan fingerprint density at radius 2 is 1.71 bits per heavy atom.